The van der Waals surface area contributed by atoms with E-state index in [1.54, 1.807) is 24.7 Å². The molecule has 31 heavy (non-hydrogen) atoms. The van der Waals surface area contributed by atoms with Crippen molar-refractivity contribution >= 4 is 29.0 Å². The van der Waals surface area contributed by atoms with Crippen molar-refractivity contribution in [3.63, 3.8) is 0 Å². The predicted molar refractivity (Wildman–Crippen MR) is 122 cm³/mol. The molecule has 160 valence electrons. The molecular formula is C22H22Cl2N6O. The maximum absolute atomic E-state index is 6.21. The van der Waals surface area contributed by atoms with Gasteiger partial charge in [-0.15, -0.1) is 0 Å². The molecule has 1 aromatic carbocycles. The second kappa shape index (κ2) is 10.3. The molecule has 0 aliphatic carbocycles. The fraction of sp³-hybridized carbons (Fsp3) is 0.227. The van der Waals surface area contributed by atoms with E-state index >= 15 is 0 Å². The minimum Gasteiger partial charge on any atom is -0.466 e. The average molecular weight is 457 g/mol. The van der Waals surface area contributed by atoms with Crippen molar-refractivity contribution in [2.45, 2.75) is 25.5 Å². The normalized spacial score (nSPS) is 11.9. The lowest BCUT2D eigenvalue weighted by Crippen LogP contribution is -2.14. The van der Waals surface area contributed by atoms with Gasteiger partial charge in [-0.3, -0.25) is 0 Å². The van der Waals surface area contributed by atoms with Crippen LogP contribution < -0.4 is 10.1 Å². The van der Waals surface area contributed by atoms with E-state index in [2.05, 4.69) is 25.3 Å². The minimum absolute atomic E-state index is 0.367. The van der Waals surface area contributed by atoms with E-state index in [0.717, 1.165) is 30.9 Å². The van der Waals surface area contributed by atoms with Crippen molar-refractivity contribution in [2.75, 3.05) is 11.9 Å². The van der Waals surface area contributed by atoms with Crippen molar-refractivity contribution in [1.29, 1.82) is 0 Å². The van der Waals surface area contributed by atoms with Gasteiger partial charge in [-0.25, -0.2) is 9.97 Å². The minimum atomic E-state index is -0.367. The molecule has 0 saturated carbocycles. The molecule has 0 aliphatic heterocycles. The van der Waals surface area contributed by atoms with Gasteiger partial charge in [0, 0.05) is 60.4 Å². The molecule has 0 fully saturated rings. The molecule has 3 heterocycles. The molecule has 0 aliphatic rings. The summed E-state index contributed by atoms with van der Waals surface area (Å²) >= 11 is 12.3. The molecule has 4 aromatic rings. The molecule has 0 saturated heterocycles. The summed E-state index contributed by atoms with van der Waals surface area (Å²) in [6.07, 6.45) is 10.1. The highest BCUT2D eigenvalue weighted by Gasteiger charge is 2.18. The highest BCUT2D eigenvalue weighted by atomic mass is 35.5. The fourth-order valence-corrected chi connectivity index (χ4v) is 3.78. The second-order valence-electron chi connectivity index (χ2n) is 7.00. The van der Waals surface area contributed by atoms with Gasteiger partial charge in [-0.05, 0) is 36.2 Å². The van der Waals surface area contributed by atoms with Gasteiger partial charge in [0.25, 0.3) is 0 Å². The lowest BCUT2D eigenvalue weighted by Gasteiger charge is -2.18. The van der Waals surface area contributed by atoms with Gasteiger partial charge in [0.2, 0.25) is 5.88 Å². The Morgan fingerprint density at radius 2 is 2.00 bits per heavy atom. The van der Waals surface area contributed by atoms with Crippen LogP contribution in [0.15, 0.2) is 67.5 Å². The van der Waals surface area contributed by atoms with Crippen LogP contribution in [0.25, 0.3) is 0 Å². The van der Waals surface area contributed by atoms with Gasteiger partial charge < -0.3 is 19.6 Å². The van der Waals surface area contributed by atoms with Gasteiger partial charge in [0.15, 0.2) is 6.10 Å². The maximum atomic E-state index is 6.21. The molecule has 9 heteroatoms. The Morgan fingerprint density at radius 1 is 1.13 bits per heavy atom. The zero-order valence-electron chi connectivity index (χ0n) is 16.7. The van der Waals surface area contributed by atoms with Gasteiger partial charge in [-0.1, -0.05) is 29.3 Å². The van der Waals surface area contributed by atoms with Gasteiger partial charge in [0.05, 0.1) is 6.33 Å². The molecule has 1 unspecified atom stereocenters. The predicted octanol–water partition coefficient (Wildman–Crippen LogP) is 5.17. The number of ether oxygens (including phenoxy) is 1. The molecule has 0 radical (unpaired) electrons. The van der Waals surface area contributed by atoms with E-state index < -0.39 is 0 Å². The fourth-order valence-electron chi connectivity index (χ4n) is 3.21. The van der Waals surface area contributed by atoms with E-state index in [-0.39, 0.29) is 6.10 Å². The summed E-state index contributed by atoms with van der Waals surface area (Å²) < 4.78 is 8.25. The van der Waals surface area contributed by atoms with Crippen LogP contribution >= 0.6 is 23.2 Å². The van der Waals surface area contributed by atoms with Crippen molar-refractivity contribution < 1.29 is 4.74 Å². The van der Waals surface area contributed by atoms with E-state index in [0.29, 0.717) is 28.2 Å². The molecule has 0 amide bonds. The molecular weight excluding hydrogens is 435 g/mol. The molecule has 4 rings (SSSR count). The van der Waals surface area contributed by atoms with Crippen molar-refractivity contribution in [2.24, 2.45) is 0 Å². The quantitative estimate of drug-likeness (QED) is 0.321. The van der Waals surface area contributed by atoms with Crippen LogP contribution in [0.1, 0.15) is 23.9 Å². The average Bonchev–Trinajstić information content (AvgIpc) is 3.45. The molecule has 1 atom stereocenters. The largest absolute Gasteiger partial charge is 0.466 e. The smallest absolute Gasteiger partial charge is 0.215 e. The van der Waals surface area contributed by atoms with E-state index in [9.17, 15) is 0 Å². The van der Waals surface area contributed by atoms with Crippen molar-refractivity contribution in [3.05, 3.63) is 88.9 Å². The van der Waals surface area contributed by atoms with Gasteiger partial charge in [-0.2, -0.15) is 4.98 Å². The Hall–Kier alpha value is -3.03. The number of hydrogen-bond acceptors (Lipinski definition) is 5. The third-order valence-electron chi connectivity index (χ3n) is 4.61. The van der Waals surface area contributed by atoms with Crippen LogP contribution in [-0.2, 0) is 13.0 Å². The number of aryl methyl sites for hydroxylation is 1. The number of rotatable bonds is 10. The number of nitrogens with one attached hydrogen (secondary N) is 2. The number of anilines is 1. The number of benzene rings is 1. The highest BCUT2D eigenvalue weighted by Crippen LogP contribution is 2.26. The second-order valence-corrected chi connectivity index (χ2v) is 7.88. The highest BCUT2D eigenvalue weighted by molar-refractivity contribution is 6.34. The van der Waals surface area contributed by atoms with E-state index in [1.807, 2.05) is 47.4 Å². The first-order chi connectivity index (χ1) is 15.2. The Bertz CT molecular complexity index is 1070. The first-order valence-electron chi connectivity index (χ1n) is 9.93. The summed E-state index contributed by atoms with van der Waals surface area (Å²) in [7, 11) is 0. The number of aromatic nitrogens is 5. The number of hydrogen-bond donors (Lipinski definition) is 2. The monoisotopic (exact) mass is 456 g/mol. The van der Waals surface area contributed by atoms with E-state index in [1.165, 1.54) is 0 Å². The topological polar surface area (TPSA) is 80.7 Å². The van der Waals surface area contributed by atoms with E-state index in [4.69, 9.17) is 27.9 Å². The van der Waals surface area contributed by atoms with Crippen LogP contribution in [-0.4, -0.2) is 31.0 Å². The number of H-pyrrole nitrogens is 1. The lowest BCUT2D eigenvalue weighted by molar-refractivity contribution is 0.189. The number of nitrogens with zero attached hydrogens (tertiary/aromatic N) is 4. The number of pyridine rings is 1. The van der Waals surface area contributed by atoms with Crippen molar-refractivity contribution in [3.8, 4) is 5.88 Å². The third kappa shape index (κ3) is 6.23. The standard InChI is InChI=1S/C22H22Cl2N6O/c23-17-11-16(12-18(24)14-17)13-19(22-27-6-7-28-22)31-21-4-1-3-20(29-21)26-5-2-9-30-10-8-25-15-30/h1,3-4,6-8,10-12,14-15,19H,2,5,9,13H2,(H,26,29)(H,27,28). The maximum Gasteiger partial charge on any atom is 0.215 e. The van der Waals surface area contributed by atoms with Crippen LogP contribution in [0.4, 0.5) is 5.82 Å². The number of imidazole rings is 2. The Morgan fingerprint density at radius 3 is 2.74 bits per heavy atom. The molecule has 0 spiro atoms. The van der Waals surface area contributed by atoms with Crippen molar-refractivity contribution in [1.82, 2.24) is 24.5 Å². The zero-order valence-corrected chi connectivity index (χ0v) is 18.2. The van der Waals surface area contributed by atoms with Crippen LogP contribution in [0.3, 0.4) is 0 Å². The van der Waals surface area contributed by atoms with Crippen LogP contribution in [0.2, 0.25) is 10.0 Å². The van der Waals surface area contributed by atoms with Crippen LogP contribution in [0.5, 0.6) is 5.88 Å². The van der Waals surface area contributed by atoms with Gasteiger partial charge >= 0.3 is 0 Å². The first kappa shape index (κ1) is 21.2. The lowest BCUT2D eigenvalue weighted by atomic mass is 10.1. The number of halogens is 2. The summed E-state index contributed by atoms with van der Waals surface area (Å²) in [5.74, 6) is 1.97. The molecule has 2 N–H and O–H groups in total. The first-order valence-corrected chi connectivity index (χ1v) is 10.7. The van der Waals surface area contributed by atoms with Crippen LogP contribution in [0, 0.1) is 0 Å². The third-order valence-corrected chi connectivity index (χ3v) is 5.05. The summed E-state index contributed by atoms with van der Waals surface area (Å²) in [4.78, 5) is 16.1. The Labute approximate surface area is 190 Å². The SMILES string of the molecule is Clc1cc(Cl)cc(CC(Oc2cccc(NCCCn3ccnc3)n2)c2ncc[nH]2)c1. The summed E-state index contributed by atoms with van der Waals surface area (Å²) in [6, 6.07) is 11.1. The summed E-state index contributed by atoms with van der Waals surface area (Å²) in [5, 5.41) is 4.50. The Kier molecular flexibility index (Phi) is 7.07. The zero-order chi connectivity index (χ0) is 21.5. The summed E-state index contributed by atoms with van der Waals surface area (Å²) in [5.41, 5.74) is 0.952. The summed E-state index contributed by atoms with van der Waals surface area (Å²) in [6.45, 7) is 1.68. The molecule has 0 bridgehead atoms. The molecule has 3 aromatic heterocycles. The molecule has 7 nitrogen and oxygen atoms in total. The number of aromatic amines is 1. The van der Waals surface area contributed by atoms with Gasteiger partial charge in [0.1, 0.15) is 11.6 Å². The Balaban J connectivity index is 1.41.